The number of hydrogen-bond donors (Lipinski definition) is 1. The van der Waals surface area contributed by atoms with Gasteiger partial charge in [0.25, 0.3) is 0 Å². The van der Waals surface area contributed by atoms with E-state index in [1.54, 1.807) is 11.1 Å². The van der Waals surface area contributed by atoms with Gasteiger partial charge in [0.2, 0.25) is 5.91 Å². The molecule has 2 fully saturated rings. The van der Waals surface area contributed by atoms with Gasteiger partial charge in [-0.15, -0.1) is 0 Å². The van der Waals surface area contributed by atoms with Crippen molar-refractivity contribution < 1.29 is 4.79 Å². The zero-order valence-corrected chi connectivity index (χ0v) is 17.9. The Bertz CT molecular complexity index is 1080. The van der Waals surface area contributed by atoms with Gasteiger partial charge in [0.15, 0.2) is 5.65 Å². The fraction of sp³-hybridized carbons (Fsp3) is 0.381. The summed E-state index contributed by atoms with van der Waals surface area (Å²) in [5, 5.41) is 3.40. The lowest BCUT2D eigenvalue weighted by atomic mass is 10.1. The van der Waals surface area contributed by atoms with E-state index in [4.69, 9.17) is 4.98 Å². The molecular formula is C21H23BrN6O. The third kappa shape index (κ3) is 3.81. The number of nitrogens with zero attached hydrogens (tertiary/aromatic N) is 5. The van der Waals surface area contributed by atoms with E-state index in [0.717, 1.165) is 40.4 Å². The second-order valence-corrected chi connectivity index (χ2v) is 8.67. The van der Waals surface area contributed by atoms with Crippen LogP contribution in [0.25, 0.3) is 5.65 Å². The lowest BCUT2D eigenvalue weighted by Crippen LogP contribution is -2.48. The number of carbonyl (C=O) groups excluding carboxylic acids is 1. The van der Waals surface area contributed by atoms with Crippen LogP contribution < -0.4 is 10.2 Å². The van der Waals surface area contributed by atoms with Crippen molar-refractivity contribution in [1.82, 2.24) is 19.3 Å². The van der Waals surface area contributed by atoms with Crippen LogP contribution in [0.2, 0.25) is 0 Å². The largest absolute Gasteiger partial charge is 0.379 e. The number of imidazole rings is 1. The Morgan fingerprint density at radius 2 is 2.10 bits per heavy atom. The van der Waals surface area contributed by atoms with Crippen LogP contribution in [0.1, 0.15) is 30.0 Å². The van der Waals surface area contributed by atoms with Crippen molar-refractivity contribution in [3.05, 3.63) is 52.7 Å². The molecule has 0 atom stereocenters. The SMILES string of the molecule is CN1CCN(c2cc(C3CC3)cn3cc(CNc4ccnc(Br)c4)nc23)CC1=O. The van der Waals surface area contributed by atoms with Crippen molar-refractivity contribution in [2.45, 2.75) is 25.3 Å². The third-order valence-electron chi connectivity index (χ3n) is 5.65. The Morgan fingerprint density at radius 1 is 1.24 bits per heavy atom. The molecule has 3 aromatic rings. The number of rotatable bonds is 5. The van der Waals surface area contributed by atoms with Gasteiger partial charge in [-0.05, 0) is 58.5 Å². The van der Waals surface area contributed by atoms with Crippen LogP contribution >= 0.6 is 15.9 Å². The monoisotopic (exact) mass is 454 g/mol. The molecule has 8 heteroatoms. The average molecular weight is 455 g/mol. The normalized spacial score (nSPS) is 17.2. The van der Waals surface area contributed by atoms with Crippen molar-refractivity contribution in [1.29, 1.82) is 0 Å². The van der Waals surface area contributed by atoms with E-state index in [1.165, 1.54) is 18.4 Å². The van der Waals surface area contributed by atoms with Gasteiger partial charge in [0.05, 0.1) is 24.5 Å². The Labute approximate surface area is 177 Å². The number of likely N-dealkylation sites (N-methyl/N-ethyl adjacent to an activating group) is 1. The quantitative estimate of drug-likeness (QED) is 0.599. The number of piperazine rings is 1. The average Bonchev–Trinajstić information content (AvgIpc) is 3.47. The summed E-state index contributed by atoms with van der Waals surface area (Å²) >= 11 is 3.40. The first kappa shape index (κ1) is 18.4. The molecule has 0 aromatic carbocycles. The molecule has 1 N–H and O–H groups in total. The summed E-state index contributed by atoms with van der Waals surface area (Å²) in [7, 11) is 1.87. The molecule has 1 aliphatic heterocycles. The molecule has 5 rings (SSSR count). The maximum Gasteiger partial charge on any atom is 0.241 e. The predicted octanol–water partition coefficient (Wildman–Crippen LogP) is 3.26. The van der Waals surface area contributed by atoms with Crippen molar-refractivity contribution >= 4 is 38.9 Å². The lowest BCUT2D eigenvalue weighted by molar-refractivity contribution is -0.129. The van der Waals surface area contributed by atoms with Crippen LogP contribution in [-0.2, 0) is 11.3 Å². The molecular weight excluding hydrogens is 432 g/mol. The first-order valence-electron chi connectivity index (χ1n) is 9.93. The minimum atomic E-state index is 0.155. The van der Waals surface area contributed by atoms with Crippen molar-refractivity contribution in [2.24, 2.45) is 0 Å². The minimum absolute atomic E-state index is 0.155. The molecule has 1 saturated heterocycles. The van der Waals surface area contributed by atoms with Gasteiger partial charge in [-0.1, -0.05) is 0 Å². The third-order valence-corrected chi connectivity index (χ3v) is 6.08. The molecule has 7 nitrogen and oxygen atoms in total. The molecule has 3 aromatic heterocycles. The Hall–Kier alpha value is -2.61. The van der Waals surface area contributed by atoms with Crippen molar-refractivity contribution in [2.75, 3.05) is 36.9 Å². The Morgan fingerprint density at radius 3 is 2.86 bits per heavy atom. The summed E-state index contributed by atoms with van der Waals surface area (Å²) in [4.78, 5) is 25.3. The van der Waals surface area contributed by atoms with E-state index in [-0.39, 0.29) is 5.91 Å². The van der Waals surface area contributed by atoms with Crippen LogP contribution in [-0.4, -0.2) is 51.9 Å². The summed E-state index contributed by atoms with van der Waals surface area (Å²) in [5.41, 5.74) is 5.28. The van der Waals surface area contributed by atoms with Crippen molar-refractivity contribution in [3.8, 4) is 0 Å². The molecule has 0 bridgehead atoms. The highest BCUT2D eigenvalue weighted by Crippen LogP contribution is 2.42. The highest BCUT2D eigenvalue weighted by molar-refractivity contribution is 9.10. The predicted molar refractivity (Wildman–Crippen MR) is 116 cm³/mol. The molecule has 150 valence electrons. The number of anilines is 2. The van der Waals surface area contributed by atoms with Crippen LogP contribution in [0.5, 0.6) is 0 Å². The first-order valence-corrected chi connectivity index (χ1v) is 10.7. The Kier molecular flexibility index (Phi) is 4.66. The van der Waals surface area contributed by atoms with Crippen LogP contribution in [0.4, 0.5) is 11.4 Å². The van der Waals surface area contributed by atoms with Gasteiger partial charge >= 0.3 is 0 Å². The standard InChI is InChI=1S/C21H23BrN6O/c1-26-6-7-27(13-20(26)29)18-8-15(14-2-3-14)11-28-12-17(25-21(18)28)10-24-16-4-5-23-19(22)9-16/h4-5,8-9,11-12,14H,2-3,6-7,10,13H2,1H3,(H,23,24). The van der Waals surface area contributed by atoms with E-state index in [1.807, 2.05) is 19.2 Å². The van der Waals surface area contributed by atoms with E-state index in [0.29, 0.717) is 19.0 Å². The number of halogens is 1. The van der Waals surface area contributed by atoms with Crippen LogP contribution in [0.15, 0.2) is 41.4 Å². The highest BCUT2D eigenvalue weighted by Gasteiger charge is 2.28. The molecule has 0 spiro atoms. The molecule has 29 heavy (non-hydrogen) atoms. The number of fused-ring (bicyclic) bond motifs is 1. The molecule has 2 aliphatic rings. The van der Waals surface area contributed by atoms with Gasteiger partial charge in [0.1, 0.15) is 4.60 Å². The van der Waals surface area contributed by atoms with E-state index >= 15 is 0 Å². The van der Waals surface area contributed by atoms with E-state index in [2.05, 4.69) is 54.0 Å². The zero-order valence-electron chi connectivity index (χ0n) is 16.3. The van der Waals surface area contributed by atoms with E-state index < -0.39 is 0 Å². The van der Waals surface area contributed by atoms with Gasteiger partial charge in [0, 0.05) is 44.4 Å². The number of amides is 1. The van der Waals surface area contributed by atoms with Crippen molar-refractivity contribution in [3.63, 3.8) is 0 Å². The maximum atomic E-state index is 12.3. The summed E-state index contributed by atoms with van der Waals surface area (Å²) in [6.07, 6.45) is 8.54. The summed E-state index contributed by atoms with van der Waals surface area (Å²) < 4.78 is 2.93. The summed E-state index contributed by atoms with van der Waals surface area (Å²) in [6.45, 7) is 2.60. The minimum Gasteiger partial charge on any atom is -0.379 e. The van der Waals surface area contributed by atoms with E-state index in [9.17, 15) is 4.79 Å². The molecule has 1 saturated carbocycles. The van der Waals surface area contributed by atoms with Gasteiger partial charge in [-0.3, -0.25) is 4.79 Å². The van der Waals surface area contributed by atoms with Crippen LogP contribution in [0.3, 0.4) is 0 Å². The number of hydrogen-bond acceptors (Lipinski definition) is 5. The number of nitrogens with one attached hydrogen (secondary N) is 1. The van der Waals surface area contributed by atoms with Gasteiger partial charge in [-0.2, -0.15) is 0 Å². The number of aromatic nitrogens is 3. The molecule has 4 heterocycles. The molecule has 0 unspecified atom stereocenters. The zero-order chi connectivity index (χ0) is 20.0. The summed E-state index contributed by atoms with van der Waals surface area (Å²) in [6, 6.07) is 6.13. The van der Waals surface area contributed by atoms with Gasteiger partial charge in [-0.25, -0.2) is 9.97 Å². The smallest absolute Gasteiger partial charge is 0.241 e. The number of pyridine rings is 2. The highest BCUT2D eigenvalue weighted by atomic mass is 79.9. The summed E-state index contributed by atoms with van der Waals surface area (Å²) in [5.74, 6) is 0.794. The Balaban J connectivity index is 1.46. The number of carbonyl (C=O) groups is 1. The fourth-order valence-electron chi connectivity index (χ4n) is 3.78. The lowest BCUT2D eigenvalue weighted by Gasteiger charge is -2.33. The second kappa shape index (κ2) is 7.33. The maximum absolute atomic E-state index is 12.3. The van der Waals surface area contributed by atoms with Crippen LogP contribution in [0, 0.1) is 0 Å². The fourth-order valence-corrected chi connectivity index (χ4v) is 4.14. The first-order chi connectivity index (χ1) is 14.1. The molecule has 1 aliphatic carbocycles. The second-order valence-electron chi connectivity index (χ2n) is 7.85. The molecule has 0 radical (unpaired) electrons. The topological polar surface area (TPSA) is 65.8 Å². The van der Waals surface area contributed by atoms with Gasteiger partial charge < -0.3 is 19.5 Å². The molecule has 1 amide bonds.